The Balaban J connectivity index is 1.45. The molecule has 1 amide bonds. The largest absolute Gasteiger partial charge is 0.416 e. The summed E-state index contributed by atoms with van der Waals surface area (Å²) in [7, 11) is 0. The first-order valence-corrected chi connectivity index (χ1v) is 9.42. The number of likely N-dealkylation sites (tertiary alicyclic amines) is 1. The summed E-state index contributed by atoms with van der Waals surface area (Å²) in [4.78, 5) is 19.3. The number of rotatable bonds is 4. The number of alkyl halides is 3. The molecule has 9 heteroatoms. The Labute approximate surface area is 160 Å². The van der Waals surface area contributed by atoms with Crippen molar-refractivity contribution in [1.29, 1.82) is 0 Å². The number of hydrogen-bond acceptors (Lipinski definition) is 4. The highest BCUT2D eigenvalue weighted by atomic mass is 19.4. The molecule has 3 N–H and O–H groups in total. The fraction of sp³-hybridized carbons (Fsp3) is 0.526. The molecular formula is C19H22F3N5O. The van der Waals surface area contributed by atoms with Crippen molar-refractivity contribution in [2.45, 2.75) is 49.7 Å². The topological polar surface area (TPSA) is 87.9 Å². The Hall–Kier alpha value is -2.42. The zero-order valence-electron chi connectivity index (χ0n) is 15.3. The van der Waals surface area contributed by atoms with Gasteiger partial charge in [0.25, 0.3) is 0 Å². The van der Waals surface area contributed by atoms with Crippen LogP contribution in [0.15, 0.2) is 24.3 Å². The summed E-state index contributed by atoms with van der Waals surface area (Å²) >= 11 is 0. The molecule has 1 saturated heterocycles. The van der Waals surface area contributed by atoms with E-state index in [4.69, 9.17) is 5.73 Å². The molecule has 28 heavy (non-hydrogen) atoms. The van der Waals surface area contributed by atoms with Crippen LogP contribution in [0.2, 0.25) is 0 Å². The van der Waals surface area contributed by atoms with Crippen molar-refractivity contribution in [1.82, 2.24) is 20.1 Å². The lowest BCUT2D eigenvalue weighted by Gasteiger charge is -2.33. The van der Waals surface area contributed by atoms with Crippen LogP contribution in [0.4, 0.5) is 13.2 Å². The lowest BCUT2D eigenvalue weighted by molar-refractivity contribution is -0.138. The summed E-state index contributed by atoms with van der Waals surface area (Å²) < 4.78 is 39.1. The Bertz CT molecular complexity index is 866. The van der Waals surface area contributed by atoms with Crippen LogP contribution in [0, 0.1) is 0 Å². The second kappa shape index (κ2) is 6.88. The van der Waals surface area contributed by atoms with Gasteiger partial charge in [0.15, 0.2) is 5.82 Å². The maximum absolute atomic E-state index is 13.1. The van der Waals surface area contributed by atoms with E-state index in [1.807, 2.05) is 0 Å². The molecule has 6 nitrogen and oxygen atoms in total. The minimum atomic E-state index is -4.41. The Morgan fingerprint density at radius 2 is 2.00 bits per heavy atom. The molecule has 2 aromatic rings. The minimum Gasteiger partial charge on any atom is -0.342 e. The number of halogens is 3. The van der Waals surface area contributed by atoms with Gasteiger partial charge in [0.2, 0.25) is 5.91 Å². The fourth-order valence-corrected chi connectivity index (χ4v) is 3.97. The van der Waals surface area contributed by atoms with Crippen LogP contribution in [-0.2, 0) is 22.9 Å². The number of benzene rings is 1. The number of aromatic nitrogens is 3. The number of carbonyl (C=O) groups is 1. The predicted molar refractivity (Wildman–Crippen MR) is 95.2 cm³/mol. The van der Waals surface area contributed by atoms with E-state index in [-0.39, 0.29) is 11.8 Å². The molecule has 1 aromatic heterocycles. The van der Waals surface area contributed by atoms with Crippen LogP contribution in [0.5, 0.6) is 0 Å². The summed E-state index contributed by atoms with van der Waals surface area (Å²) in [5, 5.41) is 7.00. The summed E-state index contributed by atoms with van der Waals surface area (Å²) in [6.07, 6.45) is -1.77. The van der Waals surface area contributed by atoms with Gasteiger partial charge >= 0.3 is 6.18 Å². The molecule has 0 unspecified atom stereocenters. The van der Waals surface area contributed by atoms with Gasteiger partial charge in [-0.1, -0.05) is 18.2 Å². The first kappa shape index (κ1) is 18.9. The number of nitrogens with one attached hydrogen (secondary N) is 1. The summed E-state index contributed by atoms with van der Waals surface area (Å²) in [5.74, 6) is 1.44. The van der Waals surface area contributed by atoms with E-state index in [0.29, 0.717) is 49.7 Å². The molecule has 1 aromatic carbocycles. The Morgan fingerprint density at radius 1 is 1.29 bits per heavy atom. The molecule has 2 fully saturated rings. The highest BCUT2D eigenvalue weighted by Gasteiger charge is 2.53. The molecule has 150 valence electrons. The van der Waals surface area contributed by atoms with Crippen molar-refractivity contribution in [2.75, 3.05) is 13.1 Å². The van der Waals surface area contributed by atoms with Crippen LogP contribution < -0.4 is 5.73 Å². The molecule has 4 rings (SSSR count). The number of carbonyl (C=O) groups excluding carboxylic acids is 1. The second-order valence-corrected chi connectivity index (χ2v) is 7.57. The van der Waals surface area contributed by atoms with Crippen molar-refractivity contribution in [2.24, 2.45) is 5.73 Å². The molecule has 1 aliphatic carbocycles. The van der Waals surface area contributed by atoms with Gasteiger partial charge < -0.3 is 10.6 Å². The zero-order chi connectivity index (χ0) is 19.9. The molecule has 1 aliphatic heterocycles. The molecule has 0 atom stereocenters. The maximum Gasteiger partial charge on any atom is 0.416 e. The number of hydrogen-bond donors (Lipinski definition) is 2. The smallest absolute Gasteiger partial charge is 0.342 e. The van der Waals surface area contributed by atoms with Gasteiger partial charge in [-0.2, -0.15) is 18.3 Å². The number of H-pyrrole nitrogens is 1. The first-order valence-electron chi connectivity index (χ1n) is 9.42. The van der Waals surface area contributed by atoms with Gasteiger partial charge in [0.05, 0.1) is 17.5 Å². The average Bonchev–Trinajstić information content (AvgIpc) is 3.37. The number of amides is 1. The summed E-state index contributed by atoms with van der Waals surface area (Å²) in [6, 6.07) is 5.19. The van der Waals surface area contributed by atoms with Gasteiger partial charge in [-0.15, -0.1) is 0 Å². The average molecular weight is 393 g/mol. The van der Waals surface area contributed by atoms with E-state index in [1.54, 1.807) is 11.0 Å². The van der Waals surface area contributed by atoms with Gasteiger partial charge in [-0.25, -0.2) is 4.98 Å². The number of nitrogens with two attached hydrogens (primary N) is 1. The third-order valence-corrected chi connectivity index (χ3v) is 5.79. The van der Waals surface area contributed by atoms with Crippen LogP contribution >= 0.6 is 0 Å². The maximum atomic E-state index is 13.1. The fourth-order valence-electron chi connectivity index (χ4n) is 3.97. The predicted octanol–water partition coefficient (Wildman–Crippen LogP) is 2.72. The zero-order valence-corrected chi connectivity index (χ0v) is 15.3. The number of piperidine rings is 1. The molecule has 0 spiro atoms. The summed E-state index contributed by atoms with van der Waals surface area (Å²) in [5.41, 5.74) is 4.51. The third-order valence-electron chi connectivity index (χ3n) is 5.79. The van der Waals surface area contributed by atoms with Crippen molar-refractivity contribution in [3.63, 3.8) is 0 Å². The van der Waals surface area contributed by atoms with E-state index in [0.717, 1.165) is 25.0 Å². The lowest BCUT2D eigenvalue weighted by atomic mass is 9.90. The highest BCUT2D eigenvalue weighted by Crippen LogP contribution is 2.51. The van der Waals surface area contributed by atoms with Crippen LogP contribution in [0.3, 0.4) is 0 Å². The SMILES string of the molecule is NCc1nc(C2CCN(C(=O)C3(c4cccc(C(F)(F)F)c4)CC3)CC2)n[nH]1. The van der Waals surface area contributed by atoms with Gasteiger partial charge in [-0.05, 0) is 37.3 Å². The monoisotopic (exact) mass is 393 g/mol. The molecule has 0 bridgehead atoms. The Kier molecular flexibility index (Phi) is 4.65. The summed E-state index contributed by atoms with van der Waals surface area (Å²) in [6.45, 7) is 1.40. The second-order valence-electron chi connectivity index (χ2n) is 7.57. The number of aromatic amines is 1. The van der Waals surface area contributed by atoms with Crippen molar-refractivity contribution in [3.05, 3.63) is 47.0 Å². The number of nitrogens with zero attached hydrogens (tertiary/aromatic N) is 3. The van der Waals surface area contributed by atoms with Crippen LogP contribution in [0.1, 0.15) is 54.4 Å². The molecule has 2 aliphatic rings. The third kappa shape index (κ3) is 3.39. The normalized spacial score (nSPS) is 19.6. The van der Waals surface area contributed by atoms with Gasteiger partial charge in [0.1, 0.15) is 5.82 Å². The Morgan fingerprint density at radius 3 is 2.57 bits per heavy atom. The van der Waals surface area contributed by atoms with E-state index in [9.17, 15) is 18.0 Å². The van der Waals surface area contributed by atoms with E-state index < -0.39 is 17.2 Å². The van der Waals surface area contributed by atoms with Crippen molar-refractivity contribution in [3.8, 4) is 0 Å². The van der Waals surface area contributed by atoms with Gasteiger partial charge in [-0.3, -0.25) is 9.89 Å². The molecule has 1 saturated carbocycles. The van der Waals surface area contributed by atoms with Crippen LogP contribution in [0.25, 0.3) is 0 Å². The highest BCUT2D eigenvalue weighted by molar-refractivity contribution is 5.91. The van der Waals surface area contributed by atoms with E-state index in [1.165, 1.54) is 6.07 Å². The standard InChI is InChI=1S/C19H22F3N5O/c20-19(21,22)14-3-1-2-13(10-14)18(6-7-18)17(28)27-8-4-12(5-9-27)16-24-15(11-23)25-26-16/h1-3,10,12H,4-9,11,23H2,(H,24,25,26). The lowest BCUT2D eigenvalue weighted by Crippen LogP contribution is -2.43. The van der Waals surface area contributed by atoms with Crippen molar-refractivity contribution < 1.29 is 18.0 Å². The van der Waals surface area contributed by atoms with Crippen LogP contribution in [-0.4, -0.2) is 39.1 Å². The minimum absolute atomic E-state index is 0.0668. The van der Waals surface area contributed by atoms with Gasteiger partial charge in [0, 0.05) is 19.0 Å². The molecule has 0 radical (unpaired) electrons. The first-order chi connectivity index (χ1) is 13.3. The van der Waals surface area contributed by atoms with Crippen molar-refractivity contribution >= 4 is 5.91 Å². The van der Waals surface area contributed by atoms with E-state index >= 15 is 0 Å². The quantitative estimate of drug-likeness (QED) is 0.836. The molecular weight excluding hydrogens is 371 g/mol. The van der Waals surface area contributed by atoms with E-state index in [2.05, 4.69) is 15.2 Å². The molecule has 2 heterocycles.